The number of aryl methyl sites for hydroxylation is 1. The molecule has 2 heterocycles. The molecule has 2 aromatic heterocycles. The maximum atomic E-state index is 5.52. The van der Waals surface area contributed by atoms with E-state index in [2.05, 4.69) is 39.4 Å². The third-order valence-corrected chi connectivity index (χ3v) is 5.00. The van der Waals surface area contributed by atoms with Gasteiger partial charge in [0.15, 0.2) is 0 Å². The molecule has 136 valence electrons. The molecule has 0 aliphatic heterocycles. The van der Waals surface area contributed by atoms with Crippen LogP contribution in [-0.2, 0) is 32.5 Å². The number of aromatic amines is 1. The van der Waals surface area contributed by atoms with Crippen LogP contribution >= 0.6 is 0 Å². The maximum absolute atomic E-state index is 5.52. The molecule has 0 saturated carbocycles. The summed E-state index contributed by atoms with van der Waals surface area (Å²) in [5.41, 5.74) is 6.38. The van der Waals surface area contributed by atoms with Crippen molar-refractivity contribution in [2.24, 2.45) is 0 Å². The number of benzene rings is 1. The van der Waals surface area contributed by atoms with Crippen molar-refractivity contribution in [1.82, 2.24) is 24.9 Å². The molecule has 0 atom stereocenters. The zero-order valence-electron chi connectivity index (χ0n) is 15.4. The van der Waals surface area contributed by atoms with Gasteiger partial charge >= 0.3 is 0 Å². The molecule has 0 saturated heterocycles. The summed E-state index contributed by atoms with van der Waals surface area (Å²) in [7, 11) is 3.86. The van der Waals surface area contributed by atoms with Crippen LogP contribution in [0.4, 0.5) is 0 Å². The molecule has 0 unspecified atom stereocenters. The Bertz CT molecular complexity index is 868. The number of hydrogen-bond donors (Lipinski definition) is 1. The molecule has 1 N–H and O–H groups in total. The van der Waals surface area contributed by atoms with Crippen LogP contribution in [-0.4, -0.2) is 39.0 Å². The first-order chi connectivity index (χ1) is 12.7. The summed E-state index contributed by atoms with van der Waals surface area (Å²) in [5, 5.41) is 12.0. The summed E-state index contributed by atoms with van der Waals surface area (Å²) in [4.78, 5) is 2.31. The van der Waals surface area contributed by atoms with E-state index in [0.29, 0.717) is 6.54 Å². The van der Waals surface area contributed by atoms with Gasteiger partial charge in [-0.3, -0.25) is 14.7 Å². The lowest BCUT2D eigenvalue weighted by molar-refractivity contribution is 0.313. The van der Waals surface area contributed by atoms with Gasteiger partial charge in [-0.2, -0.15) is 10.2 Å². The quantitative estimate of drug-likeness (QED) is 0.711. The summed E-state index contributed by atoms with van der Waals surface area (Å²) in [5.74, 6) is 0.900. The minimum atomic E-state index is 0.709. The van der Waals surface area contributed by atoms with Gasteiger partial charge < -0.3 is 4.74 Å². The Labute approximate surface area is 153 Å². The highest BCUT2D eigenvalue weighted by Crippen LogP contribution is 2.25. The molecule has 0 amide bonds. The first-order valence-corrected chi connectivity index (χ1v) is 9.09. The Hall–Kier alpha value is -2.60. The Kier molecular flexibility index (Phi) is 4.75. The van der Waals surface area contributed by atoms with E-state index in [-0.39, 0.29) is 0 Å². The SMILES string of the molecule is COc1ccc(CN(C)Cc2n[nH]c3c2CCC3)cc1Cn1cccn1. The number of ether oxygens (including phenoxy) is 1. The minimum Gasteiger partial charge on any atom is -0.496 e. The molecule has 4 rings (SSSR count). The van der Waals surface area contributed by atoms with Gasteiger partial charge in [-0.15, -0.1) is 0 Å². The van der Waals surface area contributed by atoms with Gasteiger partial charge in [-0.05, 0) is 55.6 Å². The summed E-state index contributed by atoms with van der Waals surface area (Å²) in [6.45, 7) is 2.45. The Morgan fingerprint density at radius 1 is 1.27 bits per heavy atom. The lowest BCUT2D eigenvalue weighted by Gasteiger charge is -2.18. The van der Waals surface area contributed by atoms with Gasteiger partial charge in [0.2, 0.25) is 0 Å². The largest absolute Gasteiger partial charge is 0.496 e. The number of rotatable bonds is 7. The van der Waals surface area contributed by atoms with Gasteiger partial charge in [-0.25, -0.2) is 0 Å². The van der Waals surface area contributed by atoms with Gasteiger partial charge in [-0.1, -0.05) is 6.07 Å². The van der Waals surface area contributed by atoms with E-state index in [1.54, 1.807) is 13.3 Å². The van der Waals surface area contributed by atoms with E-state index >= 15 is 0 Å². The van der Waals surface area contributed by atoms with Crippen LogP contribution in [0.25, 0.3) is 0 Å². The van der Waals surface area contributed by atoms with Crippen LogP contribution in [0, 0.1) is 0 Å². The number of hydrogen-bond acceptors (Lipinski definition) is 4. The summed E-state index contributed by atoms with van der Waals surface area (Å²) in [6.07, 6.45) is 7.31. The molecule has 1 aromatic carbocycles. The van der Waals surface area contributed by atoms with Crippen molar-refractivity contribution in [2.75, 3.05) is 14.2 Å². The van der Waals surface area contributed by atoms with E-state index in [4.69, 9.17) is 4.74 Å². The van der Waals surface area contributed by atoms with E-state index in [9.17, 15) is 0 Å². The maximum Gasteiger partial charge on any atom is 0.123 e. The van der Waals surface area contributed by atoms with Gasteiger partial charge in [0.1, 0.15) is 5.75 Å². The van der Waals surface area contributed by atoms with Crippen molar-refractivity contribution < 1.29 is 4.74 Å². The van der Waals surface area contributed by atoms with Crippen molar-refractivity contribution in [3.63, 3.8) is 0 Å². The van der Waals surface area contributed by atoms with Crippen molar-refractivity contribution >= 4 is 0 Å². The normalized spacial score (nSPS) is 13.3. The highest BCUT2D eigenvalue weighted by atomic mass is 16.5. The molecule has 0 fully saturated rings. The predicted molar refractivity (Wildman–Crippen MR) is 100 cm³/mol. The van der Waals surface area contributed by atoms with Crippen LogP contribution in [0.15, 0.2) is 36.7 Å². The van der Waals surface area contributed by atoms with Crippen LogP contribution < -0.4 is 4.74 Å². The van der Waals surface area contributed by atoms with Gasteiger partial charge in [0.05, 0.1) is 19.3 Å². The molecule has 6 nitrogen and oxygen atoms in total. The minimum absolute atomic E-state index is 0.709. The van der Waals surface area contributed by atoms with E-state index < -0.39 is 0 Å². The zero-order chi connectivity index (χ0) is 17.9. The van der Waals surface area contributed by atoms with Crippen molar-refractivity contribution in [3.05, 3.63) is 64.7 Å². The molecule has 0 spiro atoms. The van der Waals surface area contributed by atoms with E-state index in [1.165, 1.54) is 28.9 Å². The second-order valence-corrected chi connectivity index (χ2v) is 7.00. The predicted octanol–water partition coefficient (Wildman–Crippen LogP) is 2.78. The first kappa shape index (κ1) is 16.8. The Morgan fingerprint density at radius 3 is 3.00 bits per heavy atom. The number of fused-ring (bicyclic) bond motifs is 1. The highest BCUT2D eigenvalue weighted by Gasteiger charge is 2.19. The van der Waals surface area contributed by atoms with E-state index in [1.807, 2.05) is 23.0 Å². The molecular weight excluding hydrogens is 326 g/mol. The summed E-state index contributed by atoms with van der Waals surface area (Å²) in [6, 6.07) is 8.34. The second-order valence-electron chi connectivity index (χ2n) is 7.00. The molecule has 1 aliphatic carbocycles. The molecular formula is C20H25N5O. The van der Waals surface area contributed by atoms with Gasteiger partial charge in [0.25, 0.3) is 0 Å². The van der Waals surface area contributed by atoms with Crippen molar-refractivity contribution in [2.45, 2.75) is 38.9 Å². The standard InChI is InChI=1S/C20H25N5O/c1-24(14-19-17-5-3-6-18(17)22-23-19)12-15-7-8-20(26-2)16(11-15)13-25-10-4-9-21-25/h4,7-11H,3,5-6,12-14H2,1-2H3,(H,22,23). The lowest BCUT2D eigenvalue weighted by Crippen LogP contribution is -2.18. The first-order valence-electron chi connectivity index (χ1n) is 9.09. The van der Waals surface area contributed by atoms with E-state index in [0.717, 1.165) is 37.2 Å². The number of aromatic nitrogens is 4. The van der Waals surface area contributed by atoms with Gasteiger partial charge in [0, 0.05) is 36.7 Å². The summed E-state index contributed by atoms with van der Waals surface area (Å²) < 4.78 is 7.44. The molecule has 3 aromatic rings. The average molecular weight is 351 g/mol. The topological polar surface area (TPSA) is 59.0 Å². The van der Waals surface area contributed by atoms with Crippen molar-refractivity contribution in [3.8, 4) is 5.75 Å². The molecule has 6 heteroatoms. The number of methoxy groups -OCH3 is 1. The molecule has 0 radical (unpaired) electrons. The lowest BCUT2D eigenvalue weighted by atomic mass is 10.1. The third kappa shape index (κ3) is 3.51. The van der Waals surface area contributed by atoms with Crippen molar-refractivity contribution in [1.29, 1.82) is 0 Å². The number of nitrogens with zero attached hydrogens (tertiary/aromatic N) is 4. The fraction of sp³-hybridized carbons (Fsp3) is 0.400. The highest BCUT2D eigenvalue weighted by molar-refractivity contribution is 5.37. The fourth-order valence-corrected chi connectivity index (χ4v) is 3.76. The smallest absolute Gasteiger partial charge is 0.123 e. The Morgan fingerprint density at radius 2 is 2.19 bits per heavy atom. The second kappa shape index (κ2) is 7.33. The molecule has 26 heavy (non-hydrogen) atoms. The zero-order valence-corrected chi connectivity index (χ0v) is 15.4. The molecule has 1 aliphatic rings. The van der Waals surface area contributed by atoms with Crippen LogP contribution in [0.1, 0.15) is 34.5 Å². The summed E-state index contributed by atoms with van der Waals surface area (Å²) >= 11 is 0. The number of nitrogens with one attached hydrogen (secondary N) is 1. The van der Waals surface area contributed by atoms with Crippen LogP contribution in [0.2, 0.25) is 0 Å². The fourth-order valence-electron chi connectivity index (χ4n) is 3.76. The molecule has 0 bridgehead atoms. The third-order valence-electron chi connectivity index (χ3n) is 5.00. The van der Waals surface area contributed by atoms with Crippen LogP contribution in [0.3, 0.4) is 0 Å². The Balaban J connectivity index is 1.46. The monoisotopic (exact) mass is 351 g/mol. The average Bonchev–Trinajstić information content (AvgIpc) is 3.35. The number of H-pyrrole nitrogens is 1. The van der Waals surface area contributed by atoms with Crippen LogP contribution in [0.5, 0.6) is 5.75 Å².